The van der Waals surface area contributed by atoms with Gasteiger partial charge in [0.05, 0.1) is 29.8 Å². The van der Waals surface area contributed by atoms with Crippen LogP contribution in [-0.2, 0) is 16.0 Å². The number of hydrogen-bond acceptors (Lipinski definition) is 4. The van der Waals surface area contributed by atoms with Crippen LogP contribution in [0.15, 0.2) is 12.1 Å². The molecule has 0 fully saturated rings. The van der Waals surface area contributed by atoms with E-state index in [1.54, 1.807) is 0 Å². The summed E-state index contributed by atoms with van der Waals surface area (Å²) >= 11 is 5.85. The Labute approximate surface area is 96.8 Å². The second-order valence-corrected chi connectivity index (χ2v) is 3.43. The summed E-state index contributed by atoms with van der Waals surface area (Å²) in [4.78, 5) is 22.0. The number of hydrogen-bond donors (Lipinski definition) is 2. The lowest BCUT2D eigenvalue weighted by Gasteiger charge is -2.09. The van der Waals surface area contributed by atoms with Crippen molar-refractivity contribution in [1.82, 2.24) is 0 Å². The fourth-order valence-electron chi connectivity index (χ4n) is 1.26. The van der Waals surface area contributed by atoms with Gasteiger partial charge in [-0.3, -0.25) is 4.79 Å². The first-order valence-corrected chi connectivity index (χ1v) is 4.72. The lowest BCUT2D eigenvalue weighted by atomic mass is 10.0. The number of methoxy groups -OCH3 is 1. The van der Waals surface area contributed by atoms with E-state index in [0.717, 1.165) is 0 Å². The van der Waals surface area contributed by atoms with E-state index >= 15 is 0 Å². The highest BCUT2D eigenvalue weighted by Gasteiger charge is 2.18. The van der Waals surface area contributed by atoms with Crippen LogP contribution in [0.3, 0.4) is 0 Å². The van der Waals surface area contributed by atoms with Gasteiger partial charge in [-0.05, 0) is 17.7 Å². The van der Waals surface area contributed by atoms with E-state index in [1.165, 1.54) is 19.2 Å². The molecule has 0 radical (unpaired) electrons. The van der Waals surface area contributed by atoms with Gasteiger partial charge in [0.15, 0.2) is 0 Å². The Morgan fingerprint density at radius 3 is 2.62 bits per heavy atom. The summed E-state index contributed by atoms with van der Waals surface area (Å²) in [6.45, 7) is 0. The Bertz CT molecular complexity index is 445. The predicted molar refractivity (Wildman–Crippen MR) is 58.5 cm³/mol. The van der Waals surface area contributed by atoms with E-state index in [4.69, 9.17) is 22.4 Å². The predicted octanol–water partition coefficient (Wildman–Crippen LogP) is 1.34. The van der Waals surface area contributed by atoms with Crippen molar-refractivity contribution in [3.05, 3.63) is 28.3 Å². The van der Waals surface area contributed by atoms with Crippen LogP contribution in [0, 0.1) is 0 Å². The van der Waals surface area contributed by atoms with E-state index < -0.39 is 11.9 Å². The highest BCUT2D eigenvalue weighted by molar-refractivity contribution is 6.34. The molecule has 0 unspecified atom stereocenters. The van der Waals surface area contributed by atoms with Crippen molar-refractivity contribution in [2.75, 3.05) is 12.8 Å². The fourth-order valence-corrected chi connectivity index (χ4v) is 1.50. The number of esters is 1. The quantitative estimate of drug-likeness (QED) is 0.618. The van der Waals surface area contributed by atoms with Gasteiger partial charge in [-0.15, -0.1) is 0 Å². The minimum absolute atomic E-state index is 0.0744. The molecule has 0 aromatic heterocycles. The van der Waals surface area contributed by atoms with Crippen molar-refractivity contribution in [3.63, 3.8) is 0 Å². The molecule has 16 heavy (non-hydrogen) atoms. The van der Waals surface area contributed by atoms with Crippen LogP contribution in [0.1, 0.15) is 15.9 Å². The molecule has 86 valence electrons. The standard InChI is InChI=1S/C10H10ClNO4/c1-16-10(15)5-2-3-7(12)9(11)6(5)4-8(13)14/h2-3H,4,12H2,1H3,(H,13,14). The van der Waals surface area contributed by atoms with Crippen LogP contribution in [0.4, 0.5) is 5.69 Å². The van der Waals surface area contributed by atoms with Crippen molar-refractivity contribution in [3.8, 4) is 0 Å². The maximum Gasteiger partial charge on any atom is 0.338 e. The molecular formula is C10H10ClNO4. The molecule has 0 saturated carbocycles. The molecule has 0 amide bonds. The number of anilines is 1. The summed E-state index contributed by atoms with van der Waals surface area (Å²) in [7, 11) is 1.21. The average Bonchev–Trinajstić information content (AvgIpc) is 2.23. The van der Waals surface area contributed by atoms with Gasteiger partial charge in [0.2, 0.25) is 0 Å². The van der Waals surface area contributed by atoms with Crippen molar-refractivity contribution < 1.29 is 19.4 Å². The van der Waals surface area contributed by atoms with Gasteiger partial charge in [-0.1, -0.05) is 11.6 Å². The summed E-state index contributed by atoms with van der Waals surface area (Å²) in [5, 5.41) is 8.78. The number of carboxylic acid groups (broad SMARTS) is 1. The number of aliphatic carboxylic acids is 1. The van der Waals surface area contributed by atoms with E-state index in [0.29, 0.717) is 0 Å². The molecule has 0 aliphatic heterocycles. The number of rotatable bonds is 3. The van der Waals surface area contributed by atoms with Gasteiger partial charge >= 0.3 is 11.9 Å². The average molecular weight is 244 g/mol. The van der Waals surface area contributed by atoms with Crippen LogP contribution in [0.25, 0.3) is 0 Å². The van der Waals surface area contributed by atoms with Crippen molar-refractivity contribution >= 4 is 29.2 Å². The molecule has 1 aromatic rings. The number of benzene rings is 1. The zero-order valence-electron chi connectivity index (χ0n) is 8.49. The van der Waals surface area contributed by atoms with Gasteiger partial charge in [-0.2, -0.15) is 0 Å². The fraction of sp³-hybridized carbons (Fsp3) is 0.200. The van der Waals surface area contributed by atoms with Gasteiger partial charge in [0.25, 0.3) is 0 Å². The van der Waals surface area contributed by atoms with Crippen LogP contribution in [0.5, 0.6) is 0 Å². The number of carbonyl (C=O) groups is 2. The number of nitrogen functional groups attached to an aromatic ring is 1. The monoisotopic (exact) mass is 243 g/mol. The second kappa shape index (κ2) is 4.85. The third-order valence-corrected chi connectivity index (χ3v) is 2.45. The lowest BCUT2D eigenvalue weighted by Crippen LogP contribution is -2.11. The molecule has 1 aromatic carbocycles. The number of ether oxygens (including phenoxy) is 1. The van der Waals surface area contributed by atoms with E-state index in [9.17, 15) is 9.59 Å². The second-order valence-electron chi connectivity index (χ2n) is 3.06. The summed E-state index contributed by atoms with van der Waals surface area (Å²) in [6, 6.07) is 2.82. The first kappa shape index (κ1) is 12.3. The van der Waals surface area contributed by atoms with Crippen LogP contribution in [-0.4, -0.2) is 24.2 Å². The maximum absolute atomic E-state index is 11.4. The lowest BCUT2D eigenvalue weighted by molar-refractivity contribution is -0.136. The van der Waals surface area contributed by atoms with Crippen molar-refractivity contribution in [2.45, 2.75) is 6.42 Å². The molecule has 5 nitrogen and oxygen atoms in total. The molecule has 0 saturated heterocycles. The minimum atomic E-state index is -1.10. The Morgan fingerprint density at radius 1 is 1.50 bits per heavy atom. The van der Waals surface area contributed by atoms with Crippen LogP contribution < -0.4 is 5.73 Å². The van der Waals surface area contributed by atoms with E-state index in [2.05, 4.69) is 4.74 Å². The molecule has 1 rings (SSSR count). The number of halogens is 1. The Morgan fingerprint density at radius 2 is 2.12 bits per heavy atom. The highest BCUT2D eigenvalue weighted by atomic mass is 35.5. The van der Waals surface area contributed by atoms with Crippen LogP contribution >= 0.6 is 11.6 Å². The topological polar surface area (TPSA) is 89.6 Å². The normalized spacial score (nSPS) is 9.88. The largest absolute Gasteiger partial charge is 0.481 e. The molecule has 3 N–H and O–H groups in total. The maximum atomic E-state index is 11.4. The molecule has 0 heterocycles. The highest BCUT2D eigenvalue weighted by Crippen LogP contribution is 2.27. The third-order valence-electron chi connectivity index (χ3n) is 2.01. The van der Waals surface area contributed by atoms with Gasteiger partial charge in [0, 0.05) is 0 Å². The number of carbonyl (C=O) groups excluding carboxylic acids is 1. The summed E-state index contributed by atoms with van der Waals surface area (Å²) in [5.41, 5.74) is 6.04. The zero-order chi connectivity index (χ0) is 12.3. The minimum Gasteiger partial charge on any atom is -0.481 e. The number of nitrogens with two attached hydrogens (primary N) is 1. The Balaban J connectivity index is 3.32. The molecule has 0 bridgehead atoms. The Kier molecular flexibility index (Phi) is 3.73. The zero-order valence-corrected chi connectivity index (χ0v) is 9.25. The van der Waals surface area contributed by atoms with E-state index in [-0.39, 0.29) is 28.3 Å². The molecule has 0 spiro atoms. The molecule has 0 aliphatic carbocycles. The number of carboxylic acids is 1. The summed E-state index contributed by atoms with van der Waals surface area (Å²) < 4.78 is 4.52. The summed E-state index contributed by atoms with van der Waals surface area (Å²) in [6.07, 6.45) is -0.381. The molecule has 6 heteroatoms. The molecule has 0 aliphatic rings. The van der Waals surface area contributed by atoms with Crippen LogP contribution in [0.2, 0.25) is 5.02 Å². The smallest absolute Gasteiger partial charge is 0.338 e. The third kappa shape index (κ3) is 2.43. The van der Waals surface area contributed by atoms with Gasteiger partial charge < -0.3 is 15.6 Å². The van der Waals surface area contributed by atoms with Gasteiger partial charge in [-0.25, -0.2) is 4.79 Å². The van der Waals surface area contributed by atoms with E-state index in [1.807, 2.05) is 0 Å². The first-order chi connectivity index (χ1) is 7.47. The first-order valence-electron chi connectivity index (χ1n) is 4.34. The van der Waals surface area contributed by atoms with Crippen molar-refractivity contribution in [2.24, 2.45) is 0 Å². The molecule has 0 atom stereocenters. The van der Waals surface area contributed by atoms with Crippen molar-refractivity contribution in [1.29, 1.82) is 0 Å². The van der Waals surface area contributed by atoms with Gasteiger partial charge in [0.1, 0.15) is 0 Å². The molecular weight excluding hydrogens is 234 g/mol. The Hall–Kier alpha value is -1.75. The SMILES string of the molecule is COC(=O)c1ccc(N)c(Cl)c1CC(=O)O. The summed E-state index contributed by atoms with van der Waals surface area (Å²) in [5.74, 6) is -1.74.